The summed E-state index contributed by atoms with van der Waals surface area (Å²) in [6, 6.07) is 3.39. The first-order valence-corrected chi connectivity index (χ1v) is 9.44. The van der Waals surface area contributed by atoms with Crippen molar-refractivity contribution in [1.82, 2.24) is 5.32 Å². The molecule has 1 heterocycles. The zero-order valence-corrected chi connectivity index (χ0v) is 15.4. The Kier molecular flexibility index (Phi) is 5.70. The van der Waals surface area contributed by atoms with Crippen molar-refractivity contribution < 1.29 is 9.53 Å². The number of hydrogen-bond acceptors (Lipinski definition) is 3. The molecular formula is C16H16Cl3NO2S. The van der Waals surface area contributed by atoms with Gasteiger partial charge in [-0.1, -0.05) is 34.8 Å². The van der Waals surface area contributed by atoms with Gasteiger partial charge in [-0.2, -0.15) is 0 Å². The Hall–Kier alpha value is -0.520. The Bertz CT molecular complexity index is 728. The summed E-state index contributed by atoms with van der Waals surface area (Å²) in [6.45, 7) is 2.07. The van der Waals surface area contributed by atoms with Crippen molar-refractivity contribution in [2.24, 2.45) is 5.92 Å². The summed E-state index contributed by atoms with van der Waals surface area (Å²) in [5.41, 5.74) is 0. The van der Waals surface area contributed by atoms with Gasteiger partial charge in [0.25, 0.3) is 5.91 Å². The number of rotatable bonds is 7. The van der Waals surface area contributed by atoms with E-state index in [0.29, 0.717) is 38.5 Å². The second kappa shape index (κ2) is 7.58. The zero-order chi connectivity index (χ0) is 16.4. The molecule has 2 aromatic rings. The topological polar surface area (TPSA) is 38.3 Å². The summed E-state index contributed by atoms with van der Waals surface area (Å²) in [4.78, 5) is 12.7. The van der Waals surface area contributed by atoms with Crippen LogP contribution in [-0.2, 0) is 4.74 Å². The van der Waals surface area contributed by atoms with Crippen molar-refractivity contribution in [3.63, 3.8) is 0 Å². The Balaban J connectivity index is 1.57. The third-order valence-corrected chi connectivity index (χ3v) is 5.80. The van der Waals surface area contributed by atoms with E-state index in [0.717, 1.165) is 23.6 Å². The third kappa shape index (κ3) is 4.31. The van der Waals surface area contributed by atoms with Gasteiger partial charge in [-0.15, -0.1) is 11.3 Å². The van der Waals surface area contributed by atoms with Gasteiger partial charge in [0.05, 0.1) is 10.0 Å². The monoisotopic (exact) mass is 391 g/mol. The average Bonchev–Trinajstić information content (AvgIpc) is 3.25. The minimum Gasteiger partial charge on any atom is -0.381 e. The summed E-state index contributed by atoms with van der Waals surface area (Å²) < 4.78 is 6.35. The molecule has 0 radical (unpaired) electrons. The number of carbonyl (C=O) groups excluding carboxylic acids is 1. The smallest absolute Gasteiger partial charge is 0.262 e. The van der Waals surface area contributed by atoms with Crippen molar-refractivity contribution in [2.75, 3.05) is 19.8 Å². The standard InChI is InChI=1S/C16H16Cl3NO2S/c17-10-6-11(18)13-12(7-10)23-15(14(13)19)16(21)20-4-1-5-22-8-9-2-3-9/h6-7,9H,1-5,8H2,(H,20,21). The first-order chi connectivity index (χ1) is 11.1. The number of nitrogens with one attached hydrogen (secondary N) is 1. The lowest BCUT2D eigenvalue weighted by Crippen LogP contribution is -2.24. The van der Waals surface area contributed by atoms with E-state index in [2.05, 4.69) is 5.32 Å². The molecule has 7 heteroatoms. The van der Waals surface area contributed by atoms with Crippen molar-refractivity contribution in [3.8, 4) is 0 Å². The van der Waals surface area contributed by atoms with Gasteiger partial charge in [0, 0.05) is 34.9 Å². The van der Waals surface area contributed by atoms with Gasteiger partial charge in [0.2, 0.25) is 0 Å². The van der Waals surface area contributed by atoms with E-state index >= 15 is 0 Å². The van der Waals surface area contributed by atoms with Gasteiger partial charge in [-0.05, 0) is 37.3 Å². The van der Waals surface area contributed by atoms with Crippen molar-refractivity contribution in [2.45, 2.75) is 19.3 Å². The van der Waals surface area contributed by atoms with Gasteiger partial charge in [-0.3, -0.25) is 4.79 Å². The number of hydrogen-bond donors (Lipinski definition) is 1. The predicted molar refractivity (Wildman–Crippen MR) is 97.3 cm³/mol. The van der Waals surface area contributed by atoms with Crippen LogP contribution in [0.2, 0.25) is 15.1 Å². The Morgan fingerprint density at radius 3 is 2.83 bits per heavy atom. The molecule has 0 unspecified atom stereocenters. The minimum absolute atomic E-state index is 0.189. The van der Waals surface area contributed by atoms with Crippen LogP contribution in [0, 0.1) is 5.92 Å². The molecule has 1 amide bonds. The average molecular weight is 393 g/mol. The lowest BCUT2D eigenvalue weighted by atomic mass is 10.2. The molecule has 0 aliphatic heterocycles. The number of benzene rings is 1. The maximum Gasteiger partial charge on any atom is 0.262 e. The summed E-state index contributed by atoms with van der Waals surface area (Å²) in [5, 5.41) is 4.92. The summed E-state index contributed by atoms with van der Waals surface area (Å²) in [6.07, 6.45) is 3.36. The molecule has 0 atom stereocenters. The Morgan fingerprint density at radius 2 is 2.09 bits per heavy atom. The summed E-state index contributed by atoms with van der Waals surface area (Å²) in [7, 11) is 0. The molecule has 3 nitrogen and oxygen atoms in total. The fourth-order valence-corrected chi connectivity index (χ4v) is 4.54. The highest BCUT2D eigenvalue weighted by molar-refractivity contribution is 7.21. The SMILES string of the molecule is O=C(NCCCOCC1CC1)c1sc2cc(Cl)cc(Cl)c2c1Cl. The van der Waals surface area contributed by atoms with E-state index in [1.807, 2.05) is 0 Å². The third-order valence-electron chi connectivity index (χ3n) is 3.66. The normalized spacial score (nSPS) is 14.4. The molecule has 1 aliphatic carbocycles. The largest absolute Gasteiger partial charge is 0.381 e. The summed E-state index contributed by atoms with van der Waals surface area (Å²) in [5.74, 6) is 0.573. The Labute approximate surface area is 153 Å². The second-order valence-corrected chi connectivity index (χ2v) is 7.91. The van der Waals surface area contributed by atoms with E-state index < -0.39 is 0 Å². The van der Waals surface area contributed by atoms with Crippen LogP contribution >= 0.6 is 46.1 Å². The highest BCUT2D eigenvalue weighted by Crippen LogP contribution is 2.41. The van der Waals surface area contributed by atoms with Gasteiger partial charge in [0.1, 0.15) is 4.88 Å². The molecule has 1 aliphatic rings. The van der Waals surface area contributed by atoms with E-state index in [9.17, 15) is 4.79 Å². The van der Waals surface area contributed by atoms with Crippen LogP contribution < -0.4 is 5.32 Å². The highest BCUT2D eigenvalue weighted by atomic mass is 35.5. The van der Waals surface area contributed by atoms with E-state index in [1.165, 1.54) is 24.2 Å². The molecule has 1 N–H and O–H groups in total. The quantitative estimate of drug-likeness (QED) is 0.640. The van der Waals surface area contributed by atoms with Crippen molar-refractivity contribution >= 4 is 62.1 Å². The molecule has 0 bridgehead atoms. The molecule has 1 aromatic heterocycles. The van der Waals surface area contributed by atoms with Crippen LogP contribution in [0.5, 0.6) is 0 Å². The molecule has 0 saturated heterocycles. The van der Waals surface area contributed by atoms with Gasteiger partial charge in [-0.25, -0.2) is 0 Å². The molecule has 1 saturated carbocycles. The van der Waals surface area contributed by atoms with Crippen LogP contribution in [-0.4, -0.2) is 25.7 Å². The first-order valence-electron chi connectivity index (χ1n) is 7.49. The number of ether oxygens (including phenoxy) is 1. The first kappa shape index (κ1) is 17.3. The van der Waals surface area contributed by atoms with Crippen LogP contribution in [0.4, 0.5) is 0 Å². The van der Waals surface area contributed by atoms with Gasteiger partial charge in [0.15, 0.2) is 0 Å². The second-order valence-electron chi connectivity index (χ2n) is 5.63. The van der Waals surface area contributed by atoms with Crippen LogP contribution in [0.25, 0.3) is 10.1 Å². The number of halogens is 3. The maximum atomic E-state index is 12.3. The van der Waals surface area contributed by atoms with E-state index in [1.54, 1.807) is 12.1 Å². The predicted octanol–water partition coefficient (Wildman–Crippen LogP) is 5.41. The lowest BCUT2D eigenvalue weighted by Gasteiger charge is -2.05. The molecule has 124 valence electrons. The molecule has 1 fully saturated rings. The molecule has 1 aromatic carbocycles. The zero-order valence-electron chi connectivity index (χ0n) is 12.3. The number of carbonyl (C=O) groups is 1. The fraction of sp³-hybridized carbons (Fsp3) is 0.438. The van der Waals surface area contributed by atoms with E-state index in [4.69, 9.17) is 39.5 Å². The van der Waals surface area contributed by atoms with Gasteiger partial charge < -0.3 is 10.1 Å². The van der Waals surface area contributed by atoms with Gasteiger partial charge >= 0.3 is 0 Å². The van der Waals surface area contributed by atoms with Crippen LogP contribution in [0.15, 0.2) is 12.1 Å². The molecular weight excluding hydrogens is 377 g/mol. The fourth-order valence-electron chi connectivity index (χ4n) is 2.25. The minimum atomic E-state index is -0.189. The van der Waals surface area contributed by atoms with Crippen LogP contribution in [0.3, 0.4) is 0 Å². The molecule has 0 spiro atoms. The Morgan fingerprint density at radius 1 is 1.30 bits per heavy atom. The van der Waals surface area contributed by atoms with Crippen molar-refractivity contribution in [3.05, 3.63) is 32.1 Å². The summed E-state index contributed by atoms with van der Waals surface area (Å²) >= 11 is 19.8. The number of amides is 1. The van der Waals surface area contributed by atoms with E-state index in [-0.39, 0.29) is 5.91 Å². The maximum absolute atomic E-state index is 12.3. The number of thiophene rings is 1. The van der Waals surface area contributed by atoms with Crippen molar-refractivity contribution in [1.29, 1.82) is 0 Å². The lowest BCUT2D eigenvalue weighted by molar-refractivity contribution is 0.0941. The van der Waals surface area contributed by atoms with Crippen LogP contribution in [0.1, 0.15) is 28.9 Å². The highest BCUT2D eigenvalue weighted by Gasteiger charge is 2.21. The molecule has 3 rings (SSSR count). The number of fused-ring (bicyclic) bond motifs is 1. The molecule has 23 heavy (non-hydrogen) atoms.